The zero-order valence-corrected chi connectivity index (χ0v) is 12.0. The lowest BCUT2D eigenvalue weighted by Gasteiger charge is -2.23. The summed E-state index contributed by atoms with van der Waals surface area (Å²) in [6.45, 7) is 7.65. The van der Waals surface area contributed by atoms with Gasteiger partial charge in [0, 0.05) is 25.3 Å². The second-order valence-electron chi connectivity index (χ2n) is 4.82. The van der Waals surface area contributed by atoms with Crippen molar-refractivity contribution in [2.24, 2.45) is 0 Å². The van der Waals surface area contributed by atoms with E-state index in [1.807, 2.05) is 0 Å². The smallest absolute Gasteiger partial charge is 0.0366 e. The number of hydrogen-bond donors (Lipinski definition) is 1. The molecule has 0 saturated heterocycles. The third-order valence-corrected chi connectivity index (χ3v) is 3.02. The molecule has 0 aliphatic rings. The summed E-state index contributed by atoms with van der Waals surface area (Å²) in [7, 11) is 4.24. The van der Waals surface area contributed by atoms with Crippen molar-refractivity contribution in [1.29, 1.82) is 0 Å². The lowest BCUT2D eigenvalue weighted by atomic mass is 10.3. The Kier molecular flexibility index (Phi) is 7.46. The van der Waals surface area contributed by atoms with Crippen molar-refractivity contribution in [2.75, 3.05) is 51.7 Å². The van der Waals surface area contributed by atoms with Crippen LogP contribution in [0.1, 0.15) is 13.3 Å². The Bertz CT molecular complexity index is 298. The van der Waals surface area contributed by atoms with Crippen LogP contribution in [0.4, 0.5) is 5.69 Å². The monoisotopic (exact) mass is 249 g/mol. The quantitative estimate of drug-likeness (QED) is 0.676. The third-order valence-electron chi connectivity index (χ3n) is 3.02. The highest BCUT2D eigenvalue weighted by Crippen LogP contribution is 2.11. The molecule has 0 spiro atoms. The van der Waals surface area contributed by atoms with E-state index in [2.05, 4.69) is 66.5 Å². The van der Waals surface area contributed by atoms with Crippen molar-refractivity contribution in [2.45, 2.75) is 13.3 Å². The van der Waals surface area contributed by atoms with Gasteiger partial charge in [-0.2, -0.15) is 0 Å². The normalized spacial score (nSPS) is 10.9. The van der Waals surface area contributed by atoms with E-state index in [1.165, 1.54) is 12.1 Å². The average Bonchev–Trinajstić information content (AvgIpc) is 2.38. The predicted molar refractivity (Wildman–Crippen MR) is 80.4 cm³/mol. The van der Waals surface area contributed by atoms with Crippen molar-refractivity contribution in [1.82, 2.24) is 10.2 Å². The first-order valence-corrected chi connectivity index (χ1v) is 6.89. The summed E-state index contributed by atoms with van der Waals surface area (Å²) in [5.74, 6) is 0. The Hall–Kier alpha value is -1.06. The molecule has 18 heavy (non-hydrogen) atoms. The summed E-state index contributed by atoms with van der Waals surface area (Å²) in [6.07, 6.45) is 1.21. The van der Waals surface area contributed by atoms with Crippen LogP contribution in [0.15, 0.2) is 30.3 Å². The second kappa shape index (κ2) is 8.95. The molecule has 102 valence electrons. The number of rotatable bonds is 9. The molecular weight excluding hydrogens is 222 g/mol. The molecule has 0 aliphatic heterocycles. The van der Waals surface area contributed by atoms with E-state index in [4.69, 9.17) is 0 Å². The summed E-state index contributed by atoms with van der Waals surface area (Å²) in [5.41, 5.74) is 1.31. The summed E-state index contributed by atoms with van der Waals surface area (Å²) < 4.78 is 0. The van der Waals surface area contributed by atoms with Gasteiger partial charge in [0.05, 0.1) is 0 Å². The number of likely N-dealkylation sites (N-methyl/N-ethyl adjacent to an activating group) is 1. The third kappa shape index (κ3) is 6.03. The van der Waals surface area contributed by atoms with Gasteiger partial charge in [0.15, 0.2) is 0 Å². The zero-order chi connectivity index (χ0) is 13.2. The summed E-state index contributed by atoms with van der Waals surface area (Å²) in [4.78, 5) is 4.63. The topological polar surface area (TPSA) is 18.5 Å². The van der Waals surface area contributed by atoms with Gasteiger partial charge in [0.2, 0.25) is 0 Å². The molecule has 0 aliphatic carbocycles. The van der Waals surface area contributed by atoms with E-state index in [0.29, 0.717) is 0 Å². The van der Waals surface area contributed by atoms with Gasteiger partial charge in [-0.1, -0.05) is 18.2 Å². The first kappa shape index (κ1) is 15.0. The van der Waals surface area contributed by atoms with Gasteiger partial charge >= 0.3 is 0 Å². The molecule has 1 aromatic rings. The number of nitrogens with zero attached hydrogens (tertiary/aromatic N) is 2. The van der Waals surface area contributed by atoms with Crippen LogP contribution in [0.25, 0.3) is 0 Å². The van der Waals surface area contributed by atoms with E-state index >= 15 is 0 Å². The van der Waals surface area contributed by atoms with E-state index < -0.39 is 0 Å². The maximum atomic E-state index is 3.51. The van der Waals surface area contributed by atoms with Gasteiger partial charge in [0.1, 0.15) is 0 Å². The van der Waals surface area contributed by atoms with E-state index in [9.17, 15) is 0 Å². The fourth-order valence-electron chi connectivity index (χ4n) is 1.97. The first-order valence-electron chi connectivity index (χ1n) is 6.89. The lowest BCUT2D eigenvalue weighted by Crippen LogP contribution is -2.33. The number of anilines is 1. The minimum Gasteiger partial charge on any atom is -0.371 e. The van der Waals surface area contributed by atoms with Crippen LogP contribution in [-0.4, -0.2) is 51.7 Å². The van der Waals surface area contributed by atoms with E-state index in [1.54, 1.807) is 0 Å². The molecule has 0 bridgehead atoms. The minimum atomic E-state index is 1.05. The van der Waals surface area contributed by atoms with Crippen LogP contribution >= 0.6 is 0 Å². The Balaban J connectivity index is 2.17. The molecule has 0 heterocycles. The Morgan fingerprint density at radius 2 is 1.72 bits per heavy atom. The van der Waals surface area contributed by atoms with E-state index in [-0.39, 0.29) is 0 Å². The molecule has 3 heteroatoms. The summed E-state index contributed by atoms with van der Waals surface area (Å²) in [5, 5.41) is 3.51. The average molecular weight is 249 g/mol. The lowest BCUT2D eigenvalue weighted by molar-refractivity contribution is 0.395. The van der Waals surface area contributed by atoms with Gasteiger partial charge < -0.3 is 15.1 Å². The molecule has 1 aromatic carbocycles. The molecular formula is C15H27N3. The van der Waals surface area contributed by atoms with Crippen molar-refractivity contribution in [3.63, 3.8) is 0 Å². The molecule has 1 rings (SSSR count). The van der Waals surface area contributed by atoms with Crippen LogP contribution in [-0.2, 0) is 0 Å². The van der Waals surface area contributed by atoms with Gasteiger partial charge in [-0.25, -0.2) is 0 Å². The standard InChI is InChI=1S/C15H27N3/c1-4-18(15-9-6-5-7-10-15)14-12-16-11-8-13-17(2)3/h5-7,9-10,16H,4,8,11-14H2,1-3H3. The highest BCUT2D eigenvalue weighted by molar-refractivity contribution is 5.45. The Labute approximate surface area is 112 Å². The molecule has 0 fully saturated rings. The highest BCUT2D eigenvalue weighted by Gasteiger charge is 2.02. The zero-order valence-electron chi connectivity index (χ0n) is 12.0. The maximum Gasteiger partial charge on any atom is 0.0366 e. The SMILES string of the molecule is CCN(CCNCCCN(C)C)c1ccccc1. The van der Waals surface area contributed by atoms with Crippen molar-refractivity contribution >= 4 is 5.69 Å². The van der Waals surface area contributed by atoms with Crippen molar-refractivity contribution in [3.8, 4) is 0 Å². The van der Waals surface area contributed by atoms with Gasteiger partial charge in [-0.3, -0.25) is 0 Å². The minimum absolute atomic E-state index is 1.05. The number of nitrogens with one attached hydrogen (secondary N) is 1. The number of para-hydroxylation sites is 1. The van der Waals surface area contributed by atoms with E-state index in [0.717, 1.165) is 32.7 Å². The predicted octanol–water partition coefficient (Wildman–Crippen LogP) is 2.05. The maximum absolute atomic E-state index is 3.51. The molecule has 0 atom stereocenters. The van der Waals surface area contributed by atoms with Crippen molar-refractivity contribution in [3.05, 3.63) is 30.3 Å². The van der Waals surface area contributed by atoms with Gasteiger partial charge in [-0.05, 0) is 52.7 Å². The molecule has 1 N–H and O–H groups in total. The molecule has 0 aromatic heterocycles. The summed E-state index contributed by atoms with van der Waals surface area (Å²) >= 11 is 0. The fraction of sp³-hybridized carbons (Fsp3) is 0.600. The molecule has 3 nitrogen and oxygen atoms in total. The Morgan fingerprint density at radius 1 is 1.00 bits per heavy atom. The number of benzene rings is 1. The molecule has 0 unspecified atom stereocenters. The highest BCUT2D eigenvalue weighted by atomic mass is 15.1. The summed E-state index contributed by atoms with van der Waals surface area (Å²) in [6, 6.07) is 10.6. The molecule has 0 saturated carbocycles. The first-order chi connectivity index (χ1) is 8.74. The van der Waals surface area contributed by atoms with Crippen molar-refractivity contribution < 1.29 is 0 Å². The van der Waals surface area contributed by atoms with Gasteiger partial charge in [-0.15, -0.1) is 0 Å². The molecule has 0 radical (unpaired) electrons. The van der Waals surface area contributed by atoms with Crippen LogP contribution < -0.4 is 10.2 Å². The van der Waals surface area contributed by atoms with Crippen LogP contribution in [0.2, 0.25) is 0 Å². The molecule has 0 amide bonds. The van der Waals surface area contributed by atoms with Crippen LogP contribution in [0.3, 0.4) is 0 Å². The van der Waals surface area contributed by atoms with Crippen LogP contribution in [0.5, 0.6) is 0 Å². The van der Waals surface area contributed by atoms with Crippen LogP contribution in [0, 0.1) is 0 Å². The number of hydrogen-bond acceptors (Lipinski definition) is 3. The Morgan fingerprint density at radius 3 is 2.33 bits per heavy atom. The largest absolute Gasteiger partial charge is 0.371 e. The second-order valence-corrected chi connectivity index (χ2v) is 4.82. The fourth-order valence-corrected chi connectivity index (χ4v) is 1.97. The van der Waals surface area contributed by atoms with Gasteiger partial charge in [0.25, 0.3) is 0 Å².